The fourth-order valence-electron chi connectivity index (χ4n) is 3.78. The van der Waals surface area contributed by atoms with Crippen LogP contribution in [0.15, 0.2) is 35.3 Å². The number of nitrogens with one attached hydrogen (secondary N) is 2. The molecule has 0 aromatic heterocycles. The molecule has 6 heteroatoms. The summed E-state index contributed by atoms with van der Waals surface area (Å²) in [5.74, 6) is 0.977. The number of nitrogens with zero attached hydrogens (tertiary/aromatic N) is 2. The van der Waals surface area contributed by atoms with Gasteiger partial charge >= 0.3 is 0 Å². The van der Waals surface area contributed by atoms with Crippen molar-refractivity contribution in [2.75, 3.05) is 47.0 Å². The molecular formula is C23H40N4O2. The Morgan fingerprint density at radius 1 is 1.21 bits per heavy atom. The van der Waals surface area contributed by atoms with E-state index in [2.05, 4.69) is 71.6 Å². The smallest absolute Gasteiger partial charge is 0.193 e. The average molecular weight is 405 g/mol. The van der Waals surface area contributed by atoms with E-state index in [4.69, 9.17) is 9.47 Å². The number of hydrogen-bond acceptors (Lipinski definition) is 4. The summed E-state index contributed by atoms with van der Waals surface area (Å²) in [5.41, 5.74) is 1.24. The molecule has 0 radical (unpaired) electrons. The molecule has 2 N–H and O–H groups in total. The molecule has 0 saturated carbocycles. The minimum absolute atomic E-state index is 0.0615. The first-order valence-corrected chi connectivity index (χ1v) is 10.8. The number of rotatable bonds is 10. The van der Waals surface area contributed by atoms with Crippen LogP contribution in [0.2, 0.25) is 0 Å². The lowest BCUT2D eigenvalue weighted by Gasteiger charge is -2.36. The van der Waals surface area contributed by atoms with E-state index in [0.29, 0.717) is 12.1 Å². The molecule has 1 atom stereocenters. The molecular weight excluding hydrogens is 364 g/mol. The first-order chi connectivity index (χ1) is 13.9. The van der Waals surface area contributed by atoms with Gasteiger partial charge in [0, 0.05) is 58.6 Å². The summed E-state index contributed by atoms with van der Waals surface area (Å²) < 4.78 is 11.1. The molecule has 164 valence electrons. The van der Waals surface area contributed by atoms with Crippen molar-refractivity contribution in [3.05, 3.63) is 35.9 Å². The standard InChI is InChI=1S/C23H40N4O2/c1-19(20-10-7-6-8-11-20)26-23(2,3)18-25-22(24-4)27-14-12-21(13-15-27)29-17-9-16-28-5/h6-8,10-11,19,21,26H,9,12-18H2,1-5H3,(H,24,25). The maximum Gasteiger partial charge on any atom is 0.193 e. The highest BCUT2D eigenvalue weighted by Gasteiger charge is 2.25. The molecule has 1 fully saturated rings. The monoisotopic (exact) mass is 404 g/mol. The van der Waals surface area contributed by atoms with Crippen molar-refractivity contribution in [2.24, 2.45) is 4.99 Å². The van der Waals surface area contributed by atoms with Crippen LogP contribution in [0.5, 0.6) is 0 Å². The van der Waals surface area contributed by atoms with E-state index in [1.807, 2.05) is 7.05 Å². The Labute approximate surface area is 177 Å². The Morgan fingerprint density at radius 2 is 1.90 bits per heavy atom. The number of benzene rings is 1. The maximum absolute atomic E-state index is 5.97. The Bertz CT molecular complexity index is 598. The molecule has 2 rings (SSSR count). The first kappa shape index (κ1) is 23.6. The number of guanidine groups is 1. The van der Waals surface area contributed by atoms with Gasteiger partial charge in [-0.2, -0.15) is 0 Å². The summed E-state index contributed by atoms with van der Waals surface area (Å²) in [6, 6.07) is 10.9. The van der Waals surface area contributed by atoms with Crippen LogP contribution in [0.25, 0.3) is 0 Å². The van der Waals surface area contributed by atoms with Gasteiger partial charge in [-0.05, 0) is 45.6 Å². The second-order valence-corrected chi connectivity index (χ2v) is 8.46. The van der Waals surface area contributed by atoms with Crippen molar-refractivity contribution >= 4 is 5.96 Å². The second-order valence-electron chi connectivity index (χ2n) is 8.46. The molecule has 1 saturated heterocycles. The topological polar surface area (TPSA) is 58.1 Å². The summed E-state index contributed by atoms with van der Waals surface area (Å²) >= 11 is 0. The fourth-order valence-corrected chi connectivity index (χ4v) is 3.78. The second kappa shape index (κ2) is 12.2. The molecule has 1 aromatic carbocycles. The lowest BCUT2D eigenvalue weighted by molar-refractivity contribution is 0.00986. The normalized spacial score (nSPS) is 17.4. The minimum Gasteiger partial charge on any atom is -0.385 e. The highest BCUT2D eigenvalue weighted by Crippen LogP contribution is 2.17. The number of piperidine rings is 1. The molecule has 1 aliphatic rings. The van der Waals surface area contributed by atoms with Gasteiger partial charge in [-0.1, -0.05) is 30.3 Å². The van der Waals surface area contributed by atoms with Gasteiger partial charge in [-0.15, -0.1) is 0 Å². The summed E-state index contributed by atoms with van der Waals surface area (Å²) in [6.45, 7) is 11.0. The zero-order valence-electron chi connectivity index (χ0n) is 18.9. The number of aliphatic imine (C=N–C) groups is 1. The van der Waals surface area contributed by atoms with E-state index in [1.54, 1.807) is 7.11 Å². The highest BCUT2D eigenvalue weighted by molar-refractivity contribution is 5.80. The van der Waals surface area contributed by atoms with Gasteiger partial charge in [0.05, 0.1) is 6.10 Å². The van der Waals surface area contributed by atoms with Gasteiger partial charge < -0.3 is 25.0 Å². The van der Waals surface area contributed by atoms with Crippen molar-refractivity contribution in [2.45, 2.75) is 57.7 Å². The summed E-state index contributed by atoms with van der Waals surface area (Å²) in [4.78, 5) is 6.85. The maximum atomic E-state index is 5.97. The third kappa shape index (κ3) is 8.33. The number of hydrogen-bond donors (Lipinski definition) is 2. The van der Waals surface area contributed by atoms with Crippen molar-refractivity contribution in [3.63, 3.8) is 0 Å². The molecule has 0 amide bonds. The Balaban J connectivity index is 1.75. The Morgan fingerprint density at radius 3 is 2.52 bits per heavy atom. The van der Waals surface area contributed by atoms with Crippen molar-refractivity contribution < 1.29 is 9.47 Å². The zero-order chi connectivity index (χ0) is 21.1. The van der Waals surface area contributed by atoms with Crippen LogP contribution in [0, 0.1) is 0 Å². The Kier molecular flexibility index (Phi) is 9.91. The molecule has 0 bridgehead atoms. The number of methoxy groups -OCH3 is 1. The molecule has 1 unspecified atom stereocenters. The predicted octanol–water partition coefficient (Wildman–Crippen LogP) is 3.21. The van der Waals surface area contributed by atoms with Crippen LogP contribution in [0.1, 0.15) is 51.6 Å². The average Bonchev–Trinajstić information content (AvgIpc) is 2.73. The van der Waals surface area contributed by atoms with Crippen LogP contribution >= 0.6 is 0 Å². The summed E-state index contributed by atoms with van der Waals surface area (Å²) in [5, 5.41) is 7.30. The van der Waals surface area contributed by atoms with Gasteiger partial charge in [0.2, 0.25) is 0 Å². The Hall–Kier alpha value is -1.63. The van der Waals surface area contributed by atoms with Crippen LogP contribution in [-0.4, -0.2) is 69.5 Å². The van der Waals surface area contributed by atoms with Crippen LogP contribution in [-0.2, 0) is 9.47 Å². The SMILES string of the molecule is CN=C(NCC(C)(C)NC(C)c1ccccc1)N1CCC(OCCCOC)CC1. The minimum atomic E-state index is -0.0615. The molecule has 29 heavy (non-hydrogen) atoms. The van der Waals surface area contributed by atoms with Gasteiger partial charge in [-0.25, -0.2) is 0 Å². The van der Waals surface area contributed by atoms with E-state index < -0.39 is 0 Å². The van der Waals surface area contributed by atoms with Crippen LogP contribution < -0.4 is 10.6 Å². The third-order valence-electron chi connectivity index (χ3n) is 5.39. The summed E-state index contributed by atoms with van der Waals surface area (Å²) in [6.07, 6.45) is 3.40. The number of likely N-dealkylation sites (tertiary alicyclic amines) is 1. The first-order valence-electron chi connectivity index (χ1n) is 10.8. The van der Waals surface area contributed by atoms with E-state index in [-0.39, 0.29) is 5.54 Å². The molecule has 6 nitrogen and oxygen atoms in total. The van der Waals surface area contributed by atoms with Gasteiger partial charge in [0.15, 0.2) is 5.96 Å². The predicted molar refractivity (Wildman–Crippen MR) is 120 cm³/mol. The zero-order valence-corrected chi connectivity index (χ0v) is 18.9. The van der Waals surface area contributed by atoms with Crippen LogP contribution in [0.4, 0.5) is 0 Å². The number of ether oxygens (including phenoxy) is 2. The molecule has 1 aliphatic heterocycles. The van der Waals surface area contributed by atoms with E-state index in [9.17, 15) is 0 Å². The van der Waals surface area contributed by atoms with Gasteiger partial charge in [0.25, 0.3) is 0 Å². The lowest BCUT2D eigenvalue weighted by Crippen LogP contribution is -2.54. The van der Waals surface area contributed by atoms with Crippen molar-refractivity contribution in [1.82, 2.24) is 15.5 Å². The largest absolute Gasteiger partial charge is 0.385 e. The molecule has 1 heterocycles. The molecule has 1 aromatic rings. The van der Waals surface area contributed by atoms with E-state index >= 15 is 0 Å². The molecule has 0 aliphatic carbocycles. The van der Waals surface area contributed by atoms with Gasteiger partial charge in [0.1, 0.15) is 0 Å². The van der Waals surface area contributed by atoms with Crippen molar-refractivity contribution in [3.8, 4) is 0 Å². The van der Waals surface area contributed by atoms with Gasteiger partial charge in [-0.3, -0.25) is 4.99 Å². The summed E-state index contributed by atoms with van der Waals surface area (Å²) in [7, 11) is 3.60. The third-order valence-corrected chi connectivity index (χ3v) is 5.39. The quantitative estimate of drug-likeness (QED) is 0.356. The van der Waals surface area contributed by atoms with E-state index in [1.165, 1.54) is 5.56 Å². The van der Waals surface area contributed by atoms with Crippen LogP contribution in [0.3, 0.4) is 0 Å². The van der Waals surface area contributed by atoms with E-state index in [0.717, 1.165) is 58.1 Å². The highest BCUT2D eigenvalue weighted by atomic mass is 16.5. The fraction of sp³-hybridized carbons (Fsp3) is 0.696. The van der Waals surface area contributed by atoms with Crippen molar-refractivity contribution in [1.29, 1.82) is 0 Å². The lowest BCUT2D eigenvalue weighted by atomic mass is 10.0. The molecule has 0 spiro atoms.